The third kappa shape index (κ3) is 3.33. The second kappa shape index (κ2) is 6.84. The van der Waals surface area contributed by atoms with E-state index in [2.05, 4.69) is 31.1 Å². The Morgan fingerprint density at radius 2 is 2.00 bits per heavy atom. The molecular weight excluding hydrogens is 306 g/mol. The number of rotatable bonds is 5. The highest BCUT2D eigenvalue weighted by atomic mass is 32.2. The molecule has 4 rings (SSSR count). The minimum Gasteiger partial charge on any atom is -0.338 e. The Morgan fingerprint density at radius 3 is 2.91 bits per heavy atom. The van der Waals surface area contributed by atoms with Crippen LogP contribution in [0.15, 0.2) is 29.4 Å². The number of piperidine rings is 1. The Labute approximate surface area is 141 Å². The van der Waals surface area contributed by atoms with Crippen molar-refractivity contribution in [2.75, 3.05) is 25.4 Å². The first-order chi connectivity index (χ1) is 11.4. The first kappa shape index (κ1) is 14.9. The molecule has 1 aromatic carbocycles. The van der Waals surface area contributed by atoms with E-state index in [-0.39, 0.29) is 1.43 Å². The smallest absolute Gasteiger partial charge is 0.211 e. The number of nitrogens with one attached hydrogen (secondary N) is 1. The lowest BCUT2D eigenvalue weighted by Crippen LogP contribution is -2.30. The zero-order valence-electron chi connectivity index (χ0n) is 13.2. The number of aromatic nitrogens is 4. The van der Waals surface area contributed by atoms with Gasteiger partial charge in [-0.25, -0.2) is 4.98 Å². The summed E-state index contributed by atoms with van der Waals surface area (Å²) in [5.41, 5.74) is 2.76. The molecule has 122 valence electrons. The number of fused-ring (bicyclic) bond motifs is 3. The van der Waals surface area contributed by atoms with Crippen LogP contribution >= 0.6 is 11.8 Å². The summed E-state index contributed by atoms with van der Waals surface area (Å²) in [7, 11) is 0. The molecule has 3 aromatic rings. The van der Waals surface area contributed by atoms with E-state index in [1.807, 2.05) is 18.2 Å². The summed E-state index contributed by atoms with van der Waals surface area (Å²) >= 11 is 1.70. The summed E-state index contributed by atoms with van der Waals surface area (Å²) in [6, 6.07) is 8.13. The topological polar surface area (TPSA) is 57.7 Å². The lowest BCUT2D eigenvalue weighted by Gasteiger charge is -2.26. The van der Waals surface area contributed by atoms with Gasteiger partial charge in [0.1, 0.15) is 5.52 Å². The fourth-order valence-corrected chi connectivity index (χ4v) is 3.91. The maximum Gasteiger partial charge on any atom is 0.211 e. The fourth-order valence-electron chi connectivity index (χ4n) is 3.20. The van der Waals surface area contributed by atoms with Crippen LogP contribution in [0.25, 0.3) is 22.1 Å². The van der Waals surface area contributed by atoms with Gasteiger partial charge in [-0.1, -0.05) is 36.4 Å². The second-order valence-electron chi connectivity index (χ2n) is 6.07. The summed E-state index contributed by atoms with van der Waals surface area (Å²) in [6.07, 6.45) is 5.29. The van der Waals surface area contributed by atoms with Crippen molar-refractivity contribution in [3.63, 3.8) is 0 Å². The highest BCUT2D eigenvalue weighted by molar-refractivity contribution is 7.99. The number of hydrogen-bond acceptors (Lipinski definition) is 5. The molecule has 0 unspecified atom stereocenters. The maximum absolute atomic E-state index is 4.62. The highest BCUT2D eigenvalue weighted by Crippen LogP contribution is 2.23. The Bertz CT molecular complexity index is 800. The number of thioether (sulfide) groups is 1. The van der Waals surface area contributed by atoms with Gasteiger partial charge < -0.3 is 9.88 Å². The van der Waals surface area contributed by atoms with Crippen molar-refractivity contribution in [1.82, 2.24) is 25.1 Å². The average molecular weight is 329 g/mol. The van der Waals surface area contributed by atoms with Gasteiger partial charge in [-0.3, -0.25) is 0 Å². The molecule has 0 radical (unpaired) electrons. The minimum atomic E-state index is 0. The molecule has 0 bridgehead atoms. The number of para-hydroxylation sites is 1. The van der Waals surface area contributed by atoms with Gasteiger partial charge in [0.25, 0.3) is 0 Å². The molecule has 23 heavy (non-hydrogen) atoms. The molecule has 1 aliphatic heterocycles. The third-order valence-corrected chi connectivity index (χ3v) is 5.33. The van der Waals surface area contributed by atoms with Crippen LogP contribution < -0.4 is 0 Å². The number of hydrogen-bond donors (Lipinski definition) is 1. The van der Waals surface area contributed by atoms with Crippen LogP contribution in [0.2, 0.25) is 0 Å². The van der Waals surface area contributed by atoms with E-state index in [0.717, 1.165) is 33.0 Å². The van der Waals surface area contributed by atoms with Crippen molar-refractivity contribution < 1.29 is 1.43 Å². The van der Waals surface area contributed by atoms with Gasteiger partial charge in [0, 0.05) is 18.1 Å². The van der Waals surface area contributed by atoms with Gasteiger partial charge >= 0.3 is 0 Å². The Kier molecular flexibility index (Phi) is 4.43. The number of nitrogens with zero attached hydrogens (tertiary/aromatic N) is 4. The monoisotopic (exact) mass is 329 g/mol. The van der Waals surface area contributed by atoms with E-state index >= 15 is 0 Å². The average Bonchev–Trinajstić information content (AvgIpc) is 2.97. The fraction of sp³-hybridized carbons (Fsp3) is 0.471. The molecule has 0 saturated carbocycles. The summed E-state index contributed by atoms with van der Waals surface area (Å²) in [4.78, 5) is 10.5. The molecule has 3 heterocycles. The normalized spacial score (nSPS) is 16.3. The summed E-state index contributed by atoms with van der Waals surface area (Å²) < 4.78 is 0. The predicted octanol–water partition coefficient (Wildman–Crippen LogP) is 3.72. The molecule has 5 nitrogen and oxygen atoms in total. The largest absolute Gasteiger partial charge is 0.338 e. The lowest BCUT2D eigenvalue weighted by atomic mass is 10.1. The Morgan fingerprint density at radius 1 is 1.13 bits per heavy atom. The van der Waals surface area contributed by atoms with Gasteiger partial charge in [-0.15, -0.1) is 10.2 Å². The van der Waals surface area contributed by atoms with Crippen LogP contribution in [0.3, 0.4) is 0 Å². The van der Waals surface area contributed by atoms with Crippen LogP contribution in [0.4, 0.5) is 0 Å². The van der Waals surface area contributed by atoms with Crippen LogP contribution in [-0.4, -0.2) is 50.5 Å². The molecule has 1 saturated heterocycles. The number of likely N-dealkylation sites (tertiary alicyclic amines) is 1. The Hall–Kier alpha value is -1.66. The van der Waals surface area contributed by atoms with Gasteiger partial charge in [-0.05, 0) is 45.0 Å². The van der Waals surface area contributed by atoms with Gasteiger partial charge in [0.2, 0.25) is 5.16 Å². The molecule has 6 heteroatoms. The maximum atomic E-state index is 4.62. The van der Waals surface area contributed by atoms with Gasteiger partial charge in [0.15, 0.2) is 5.65 Å². The van der Waals surface area contributed by atoms with E-state index in [1.165, 1.54) is 45.3 Å². The Balaban J connectivity index is 0.00000169. The lowest BCUT2D eigenvalue weighted by molar-refractivity contribution is 0.230. The first-order valence-electron chi connectivity index (χ1n) is 8.36. The van der Waals surface area contributed by atoms with Gasteiger partial charge in [-0.2, -0.15) is 0 Å². The summed E-state index contributed by atoms with van der Waals surface area (Å²) in [5.74, 6) is 1.05. The van der Waals surface area contributed by atoms with E-state index in [1.54, 1.807) is 11.8 Å². The third-order valence-electron chi connectivity index (χ3n) is 4.40. The van der Waals surface area contributed by atoms with Crippen LogP contribution in [0.5, 0.6) is 0 Å². The zero-order valence-corrected chi connectivity index (χ0v) is 14.0. The van der Waals surface area contributed by atoms with E-state index in [9.17, 15) is 0 Å². The molecule has 1 aliphatic rings. The van der Waals surface area contributed by atoms with Crippen molar-refractivity contribution in [1.29, 1.82) is 0 Å². The van der Waals surface area contributed by atoms with E-state index in [4.69, 9.17) is 0 Å². The van der Waals surface area contributed by atoms with Gasteiger partial charge in [0.05, 0.1) is 0 Å². The summed E-state index contributed by atoms with van der Waals surface area (Å²) in [6.45, 7) is 3.72. The quantitative estimate of drug-likeness (QED) is 0.571. The first-order valence-corrected chi connectivity index (χ1v) is 9.35. The molecule has 1 N–H and O–H groups in total. The van der Waals surface area contributed by atoms with Crippen molar-refractivity contribution in [2.24, 2.45) is 0 Å². The van der Waals surface area contributed by atoms with Crippen LogP contribution in [0.1, 0.15) is 27.1 Å². The standard InChI is InChI=1S/C17H21N5S.H2/c1-4-9-22(10-5-1)11-6-12-23-17-19-16-15(20-21-17)13-7-2-3-8-14(13)18-16;/h2-3,7-8H,1,4-6,9-12H2,(H,18,19,21);1H. The van der Waals surface area contributed by atoms with Crippen molar-refractivity contribution in [2.45, 2.75) is 30.8 Å². The van der Waals surface area contributed by atoms with E-state index in [0.29, 0.717) is 0 Å². The molecule has 1 fully saturated rings. The van der Waals surface area contributed by atoms with Crippen molar-refractivity contribution >= 4 is 33.8 Å². The molecule has 0 aliphatic carbocycles. The predicted molar refractivity (Wildman–Crippen MR) is 96.9 cm³/mol. The number of aromatic amines is 1. The summed E-state index contributed by atoms with van der Waals surface area (Å²) in [5, 5.41) is 10.5. The van der Waals surface area contributed by atoms with Crippen molar-refractivity contribution in [3.05, 3.63) is 24.3 Å². The zero-order chi connectivity index (χ0) is 15.5. The number of H-pyrrole nitrogens is 1. The minimum absolute atomic E-state index is 0. The molecule has 2 aromatic heterocycles. The molecule has 0 amide bonds. The SMILES string of the molecule is [HH].c1ccc2c(c1)[nH]c1nc(SCCCN3CCCCC3)nnc12. The molecular formula is C17H23N5S. The van der Waals surface area contributed by atoms with Crippen LogP contribution in [-0.2, 0) is 0 Å². The van der Waals surface area contributed by atoms with E-state index < -0.39 is 0 Å². The van der Waals surface area contributed by atoms with Crippen LogP contribution in [0, 0.1) is 0 Å². The van der Waals surface area contributed by atoms with Crippen molar-refractivity contribution in [3.8, 4) is 0 Å². The molecule has 0 spiro atoms. The highest BCUT2D eigenvalue weighted by Gasteiger charge is 2.11. The number of benzene rings is 1. The molecule has 0 atom stereocenters. The second-order valence-corrected chi connectivity index (χ2v) is 7.13.